The lowest BCUT2D eigenvalue weighted by atomic mass is 9.53. The first-order valence-electron chi connectivity index (χ1n) is 8.45. The minimum Gasteiger partial charge on any atom is -0.359 e. The Bertz CT molecular complexity index is 712. The van der Waals surface area contributed by atoms with Gasteiger partial charge in [-0.3, -0.25) is 9.78 Å². The number of nitrogens with zero attached hydrogens (tertiary/aromatic N) is 1. The molecule has 2 aromatic rings. The third-order valence-corrected chi connectivity index (χ3v) is 6.10. The van der Waals surface area contributed by atoms with Crippen LogP contribution >= 0.6 is 0 Å². The highest BCUT2D eigenvalue weighted by Gasteiger charge is 2.51. The van der Waals surface area contributed by atoms with E-state index in [9.17, 15) is 4.79 Å². The van der Waals surface area contributed by atoms with Crippen molar-refractivity contribution in [3.05, 3.63) is 30.1 Å². The number of aromatic nitrogens is 2. The van der Waals surface area contributed by atoms with E-state index in [0.717, 1.165) is 28.8 Å². The minimum absolute atomic E-state index is 0.0481. The van der Waals surface area contributed by atoms with Crippen molar-refractivity contribution in [2.75, 3.05) is 0 Å². The second kappa shape index (κ2) is 4.34. The lowest BCUT2D eigenvalue weighted by Gasteiger charge is -2.56. The van der Waals surface area contributed by atoms with Gasteiger partial charge in [-0.25, -0.2) is 0 Å². The molecule has 4 fully saturated rings. The quantitative estimate of drug-likeness (QED) is 0.893. The first kappa shape index (κ1) is 12.7. The van der Waals surface area contributed by atoms with Gasteiger partial charge in [0.25, 0.3) is 5.91 Å². The van der Waals surface area contributed by atoms with Gasteiger partial charge in [-0.1, -0.05) is 0 Å². The fraction of sp³-hybridized carbons (Fsp3) is 0.556. The molecular formula is C18H21N3O. The number of carbonyl (C=O) groups is 1. The van der Waals surface area contributed by atoms with Crippen molar-refractivity contribution in [2.24, 2.45) is 17.8 Å². The van der Waals surface area contributed by atoms with Crippen molar-refractivity contribution in [1.29, 1.82) is 0 Å². The molecule has 2 N–H and O–H groups in total. The van der Waals surface area contributed by atoms with Crippen LogP contribution in [-0.4, -0.2) is 21.4 Å². The van der Waals surface area contributed by atoms with E-state index in [0.29, 0.717) is 5.56 Å². The molecule has 0 unspecified atom stereocenters. The molecule has 22 heavy (non-hydrogen) atoms. The highest BCUT2D eigenvalue weighted by Crippen LogP contribution is 2.55. The molecule has 0 radical (unpaired) electrons. The van der Waals surface area contributed by atoms with Crippen LogP contribution in [0.3, 0.4) is 0 Å². The molecule has 2 aromatic heterocycles. The molecule has 4 nitrogen and oxygen atoms in total. The van der Waals surface area contributed by atoms with Crippen molar-refractivity contribution in [3.8, 4) is 0 Å². The lowest BCUT2D eigenvalue weighted by molar-refractivity contribution is -0.0166. The number of rotatable bonds is 2. The fourth-order valence-corrected chi connectivity index (χ4v) is 5.70. The van der Waals surface area contributed by atoms with E-state index in [4.69, 9.17) is 0 Å². The first-order valence-corrected chi connectivity index (χ1v) is 8.45. The standard InChI is InChI=1S/C18H21N3O/c22-17(14-10-20-15-2-1-3-19-16(14)15)21-18-7-11-4-12(8-18)6-13(5-11)9-18/h1-3,10-13,20H,4-9H2,(H,21,22). The average molecular weight is 295 g/mol. The summed E-state index contributed by atoms with van der Waals surface area (Å²) in [6.45, 7) is 0. The van der Waals surface area contributed by atoms with Crippen molar-refractivity contribution >= 4 is 16.9 Å². The van der Waals surface area contributed by atoms with E-state index in [1.54, 1.807) is 12.4 Å². The first-order chi connectivity index (χ1) is 10.7. The van der Waals surface area contributed by atoms with Gasteiger partial charge in [-0.2, -0.15) is 0 Å². The zero-order valence-electron chi connectivity index (χ0n) is 12.6. The molecule has 0 spiro atoms. The van der Waals surface area contributed by atoms with Gasteiger partial charge >= 0.3 is 0 Å². The van der Waals surface area contributed by atoms with Crippen LogP contribution in [0.25, 0.3) is 11.0 Å². The van der Waals surface area contributed by atoms with E-state index >= 15 is 0 Å². The van der Waals surface area contributed by atoms with Crippen LogP contribution in [0.2, 0.25) is 0 Å². The predicted octanol–water partition coefficient (Wildman–Crippen LogP) is 3.26. The van der Waals surface area contributed by atoms with Crippen LogP contribution in [0, 0.1) is 17.8 Å². The Kier molecular flexibility index (Phi) is 2.50. The Hall–Kier alpha value is -1.84. The monoisotopic (exact) mass is 295 g/mol. The van der Waals surface area contributed by atoms with Gasteiger partial charge in [0.15, 0.2) is 0 Å². The SMILES string of the molecule is O=C(NC12CC3CC(CC(C3)C1)C2)c1c[nH]c2cccnc12. The molecule has 6 rings (SSSR count). The van der Waals surface area contributed by atoms with E-state index in [2.05, 4.69) is 15.3 Å². The van der Waals surface area contributed by atoms with E-state index in [1.807, 2.05) is 12.1 Å². The summed E-state index contributed by atoms with van der Waals surface area (Å²) in [4.78, 5) is 20.4. The Balaban J connectivity index is 1.45. The smallest absolute Gasteiger partial charge is 0.255 e. The molecule has 0 atom stereocenters. The Labute approximate surface area is 129 Å². The van der Waals surface area contributed by atoms with Gasteiger partial charge < -0.3 is 10.3 Å². The van der Waals surface area contributed by atoms with Gasteiger partial charge in [0.1, 0.15) is 5.52 Å². The third kappa shape index (κ3) is 1.82. The number of hydrogen-bond acceptors (Lipinski definition) is 2. The normalized spacial score (nSPS) is 35.9. The third-order valence-electron chi connectivity index (χ3n) is 6.10. The molecular weight excluding hydrogens is 274 g/mol. The van der Waals surface area contributed by atoms with E-state index in [1.165, 1.54) is 38.5 Å². The van der Waals surface area contributed by atoms with E-state index in [-0.39, 0.29) is 11.4 Å². The van der Waals surface area contributed by atoms with Crippen molar-refractivity contribution in [3.63, 3.8) is 0 Å². The van der Waals surface area contributed by atoms with Gasteiger partial charge in [-0.05, 0) is 68.4 Å². The molecule has 114 valence electrons. The molecule has 4 aliphatic carbocycles. The molecule has 4 aliphatic rings. The summed E-state index contributed by atoms with van der Waals surface area (Å²) < 4.78 is 0. The largest absolute Gasteiger partial charge is 0.359 e. The summed E-state index contributed by atoms with van der Waals surface area (Å²) in [5, 5.41) is 3.42. The van der Waals surface area contributed by atoms with Crippen molar-refractivity contribution in [2.45, 2.75) is 44.1 Å². The van der Waals surface area contributed by atoms with Crippen molar-refractivity contribution < 1.29 is 4.79 Å². The molecule has 4 saturated carbocycles. The Morgan fingerprint density at radius 1 is 1.18 bits per heavy atom. The summed E-state index contributed by atoms with van der Waals surface area (Å²) in [6.07, 6.45) is 11.3. The molecule has 2 heterocycles. The molecule has 4 bridgehead atoms. The predicted molar refractivity (Wildman–Crippen MR) is 84.5 cm³/mol. The van der Waals surface area contributed by atoms with Crippen LogP contribution in [-0.2, 0) is 0 Å². The average Bonchev–Trinajstić information content (AvgIpc) is 2.89. The molecule has 0 aromatic carbocycles. The molecule has 0 saturated heterocycles. The Morgan fingerprint density at radius 2 is 1.86 bits per heavy atom. The van der Waals surface area contributed by atoms with Gasteiger partial charge in [-0.15, -0.1) is 0 Å². The zero-order valence-corrected chi connectivity index (χ0v) is 12.6. The van der Waals surface area contributed by atoms with Crippen LogP contribution in [0.5, 0.6) is 0 Å². The number of H-pyrrole nitrogens is 1. The number of pyridine rings is 1. The van der Waals surface area contributed by atoms with Crippen molar-refractivity contribution in [1.82, 2.24) is 15.3 Å². The number of nitrogens with one attached hydrogen (secondary N) is 2. The lowest BCUT2D eigenvalue weighted by Crippen LogP contribution is -2.59. The fourth-order valence-electron chi connectivity index (χ4n) is 5.70. The Morgan fingerprint density at radius 3 is 2.55 bits per heavy atom. The van der Waals surface area contributed by atoms with Gasteiger partial charge in [0.2, 0.25) is 0 Å². The van der Waals surface area contributed by atoms with E-state index < -0.39 is 0 Å². The zero-order chi connectivity index (χ0) is 14.7. The maximum atomic E-state index is 12.8. The van der Waals surface area contributed by atoms with Crippen LogP contribution < -0.4 is 5.32 Å². The summed E-state index contributed by atoms with van der Waals surface area (Å²) in [7, 11) is 0. The highest BCUT2D eigenvalue weighted by atomic mass is 16.1. The number of aromatic amines is 1. The molecule has 4 heteroatoms. The molecule has 1 amide bonds. The van der Waals surface area contributed by atoms with Crippen LogP contribution in [0.15, 0.2) is 24.5 Å². The highest BCUT2D eigenvalue weighted by molar-refractivity contribution is 6.05. The minimum atomic E-state index is 0.0481. The number of amides is 1. The molecule has 0 aliphatic heterocycles. The second-order valence-electron chi connectivity index (χ2n) is 7.75. The second-order valence-corrected chi connectivity index (χ2v) is 7.75. The number of hydrogen-bond donors (Lipinski definition) is 2. The number of carbonyl (C=O) groups excluding carboxylic acids is 1. The van der Waals surface area contributed by atoms with Gasteiger partial charge in [0, 0.05) is 17.9 Å². The maximum Gasteiger partial charge on any atom is 0.255 e. The summed E-state index contributed by atoms with van der Waals surface area (Å²) in [6, 6.07) is 3.85. The van der Waals surface area contributed by atoms with Crippen LogP contribution in [0.1, 0.15) is 48.9 Å². The number of fused-ring (bicyclic) bond motifs is 1. The summed E-state index contributed by atoms with van der Waals surface area (Å²) in [5.41, 5.74) is 2.46. The maximum absolute atomic E-state index is 12.8. The topological polar surface area (TPSA) is 57.8 Å². The van der Waals surface area contributed by atoms with Crippen LogP contribution in [0.4, 0.5) is 0 Å². The summed E-state index contributed by atoms with van der Waals surface area (Å²) >= 11 is 0. The summed E-state index contributed by atoms with van der Waals surface area (Å²) in [5.74, 6) is 2.57. The van der Waals surface area contributed by atoms with Gasteiger partial charge in [0.05, 0.1) is 11.1 Å².